The number of hydrogen-bond donors (Lipinski definition) is 2. The van der Waals surface area contributed by atoms with Gasteiger partial charge in [0, 0.05) is 52.9 Å². The molecule has 0 radical (unpaired) electrons. The fourth-order valence-electron chi connectivity index (χ4n) is 4.05. The van der Waals surface area contributed by atoms with Crippen molar-refractivity contribution in [2.45, 2.75) is 45.1 Å². The van der Waals surface area contributed by atoms with E-state index in [0.717, 1.165) is 64.5 Å². The molecule has 2 fully saturated rings. The minimum Gasteiger partial charge on any atom is -0.379 e. The van der Waals surface area contributed by atoms with Crippen LogP contribution in [0.15, 0.2) is 4.99 Å². The number of rotatable bonds is 6. The van der Waals surface area contributed by atoms with Crippen LogP contribution >= 0.6 is 0 Å². The highest BCUT2D eigenvalue weighted by Gasteiger charge is 2.42. The Bertz CT molecular complexity index is 492. The predicted octanol–water partition coefficient (Wildman–Crippen LogP) is 0.911. The first kappa shape index (κ1) is 21.0. The molecule has 26 heavy (non-hydrogen) atoms. The van der Waals surface area contributed by atoms with Crippen molar-refractivity contribution in [2.75, 3.05) is 60.5 Å². The van der Waals surface area contributed by atoms with Crippen LogP contribution in [-0.4, -0.2) is 87.7 Å². The Morgan fingerprint density at radius 2 is 1.81 bits per heavy atom. The molecule has 0 aromatic rings. The number of amides is 1. The first-order valence-electron chi connectivity index (χ1n) is 9.80. The monoisotopic (exact) mass is 367 g/mol. The number of aliphatic imine (C=N–C) groups is 1. The van der Waals surface area contributed by atoms with E-state index in [9.17, 15) is 4.79 Å². The third kappa shape index (κ3) is 5.10. The van der Waals surface area contributed by atoms with Crippen molar-refractivity contribution in [1.29, 1.82) is 0 Å². The van der Waals surface area contributed by atoms with Gasteiger partial charge in [0.25, 0.3) is 0 Å². The average molecular weight is 368 g/mol. The highest BCUT2D eigenvalue weighted by atomic mass is 16.5. The fourth-order valence-corrected chi connectivity index (χ4v) is 4.05. The van der Waals surface area contributed by atoms with Gasteiger partial charge in [-0.1, -0.05) is 12.8 Å². The zero-order chi connectivity index (χ0) is 19.2. The predicted molar refractivity (Wildman–Crippen MR) is 105 cm³/mol. The molecule has 7 nitrogen and oxygen atoms in total. The lowest BCUT2D eigenvalue weighted by molar-refractivity contribution is -0.138. The molecule has 1 aliphatic heterocycles. The quantitative estimate of drug-likeness (QED) is 0.539. The second-order valence-electron chi connectivity index (χ2n) is 8.38. The SMILES string of the molecule is CN=C(NCC1(C(=O)N(C)C)CCCC1)NCC(C)(C)N1CCOCC1. The Labute approximate surface area is 158 Å². The molecular weight excluding hydrogens is 330 g/mol. The van der Waals surface area contributed by atoms with E-state index in [0.29, 0.717) is 6.54 Å². The molecule has 1 aliphatic carbocycles. The molecule has 1 amide bonds. The summed E-state index contributed by atoms with van der Waals surface area (Å²) in [6, 6.07) is 0. The first-order valence-corrected chi connectivity index (χ1v) is 9.80. The van der Waals surface area contributed by atoms with Crippen molar-refractivity contribution in [1.82, 2.24) is 20.4 Å². The number of carbonyl (C=O) groups excluding carboxylic acids is 1. The Morgan fingerprint density at radius 1 is 1.19 bits per heavy atom. The number of hydrogen-bond acceptors (Lipinski definition) is 4. The Kier molecular flexibility index (Phi) is 7.29. The molecule has 0 aromatic heterocycles. The summed E-state index contributed by atoms with van der Waals surface area (Å²) < 4.78 is 5.46. The van der Waals surface area contributed by atoms with Gasteiger partial charge >= 0.3 is 0 Å². The third-order valence-electron chi connectivity index (χ3n) is 5.79. The zero-order valence-corrected chi connectivity index (χ0v) is 17.2. The molecular formula is C19H37N5O2. The van der Waals surface area contributed by atoms with Crippen LogP contribution < -0.4 is 10.6 Å². The lowest BCUT2D eigenvalue weighted by atomic mass is 9.84. The van der Waals surface area contributed by atoms with E-state index >= 15 is 0 Å². The first-order chi connectivity index (χ1) is 12.3. The van der Waals surface area contributed by atoms with Gasteiger partial charge in [-0.05, 0) is 26.7 Å². The molecule has 2 N–H and O–H groups in total. The molecule has 150 valence electrons. The molecule has 2 rings (SSSR count). The molecule has 2 aliphatic rings. The molecule has 0 bridgehead atoms. The fraction of sp³-hybridized carbons (Fsp3) is 0.895. The van der Waals surface area contributed by atoms with Crippen LogP contribution in [0.25, 0.3) is 0 Å². The molecule has 0 atom stereocenters. The lowest BCUT2D eigenvalue weighted by Crippen LogP contribution is -2.57. The maximum absolute atomic E-state index is 12.7. The highest BCUT2D eigenvalue weighted by molar-refractivity contribution is 5.85. The Balaban J connectivity index is 1.89. The highest BCUT2D eigenvalue weighted by Crippen LogP contribution is 2.38. The second-order valence-corrected chi connectivity index (χ2v) is 8.38. The number of ether oxygens (including phenoxy) is 1. The van der Waals surface area contributed by atoms with Gasteiger partial charge in [0.05, 0.1) is 18.6 Å². The van der Waals surface area contributed by atoms with Crippen molar-refractivity contribution in [2.24, 2.45) is 10.4 Å². The van der Waals surface area contributed by atoms with Gasteiger partial charge in [0.2, 0.25) is 5.91 Å². The van der Waals surface area contributed by atoms with E-state index in [4.69, 9.17) is 4.74 Å². The van der Waals surface area contributed by atoms with Gasteiger partial charge in [-0.25, -0.2) is 0 Å². The van der Waals surface area contributed by atoms with Crippen LogP contribution in [0.2, 0.25) is 0 Å². The normalized spacial score (nSPS) is 21.5. The summed E-state index contributed by atoms with van der Waals surface area (Å²) in [5.74, 6) is 0.996. The smallest absolute Gasteiger partial charge is 0.230 e. The second kappa shape index (κ2) is 9.04. The van der Waals surface area contributed by atoms with Gasteiger partial charge in [-0.15, -0.1) is 0 Å². The maximum atomic E-state index is 12.7. The maximum Gasteiger partial charge on any atom is 0.230 e. The zero-order valence-electron chi connectivity index (χ0n) is 17.2. The molecule has 0 aromatic carbocycles. The molecule has 0 spiro atoms. The van der Waals surface area contributed by atoms with Crippen LogP contribution in [-0.2, 0) is 9.53 Å². The van der Waals surface area contributed by atoms with Crippen LogP contribution in [0, 0.1) is 5.41 Å². The summed E-state index contributed by atoms with van der Waals surface area (Å²) in [5, 5.41) is 6.86. The van der Waals surface area contributed by atoms with Gasteiger partial charge in [-0.3, -0.25) is 14.7 Å². The third-order valence-corrected chi connectivity index (χ3v) is 5.79. The van der Waals surface area contributed by atoms with E-state index in [1.54, 1.807) is 11.9 Å². The molecule has 7 heteroatoms. The van der Waals surface area contributed by atoms with Crippen molar-refractivity contribution < 1.29 is 9.53 Å². The van der Waals surface area contributed by atoms with Gasteiger partial charge in [0.15, 0.2) is 5.96 Å². The van der Waals surface area contributed by atoms with Crippen LogP contribution in [0.5, 0.6) is 0 Å². The molecule has 1 saturated carbocycles. The minimum atomic E-state index is -0.291. The van der Waals surface area contributed by atoms with Gasteiger partial charge < -0.3 is 20.3 Å². The topological polar surface area (TPSA) is 69.2 Å². The van der Waals surface area contributed by atoms with E-state index in [1.807, 2.05) is 14.1 Å². The number of morpholine rings is 1. The summed E-state index contributed by atoms with van der Waals surface area (Å²) >= 11 is 0. The van der Waals surface area contributed by atoms with E-state index in [2.05, 4.69) is 34.4 Å². The summed E-state index contributed by atoms with van der Waals surface area (Å²) in [5.41, 5.74) is -0.271. The van der Waals surface area contributed by atoms with Crippen LogP contribution in [0.3, 0.4) is 0 Å². The molecule has 1 heterocycles. The lowest BCUT2D eigenvalue weighted by Gasteiger charge is -2.41. The van der Waals surface area contributed by atoms with Crippen molar-refractivity contribution in [3.8, 4) is 0 Å². The number of guanidine groups is 1. The summed E-state index contributed by atoms with van der Waals surface area (Å²) in [7, 11) is 5.48. The summed E-state index contributed by atoms with van der Waals surface area (Å²) in [4.78, 5) is 21.2. The minimum absolute atomic E-state index is 0.0197. The van der Waals surface area contributed by atoms with Gasteiger partial charge in [-0.2, -0.15) is 0 Å². The largest absolute Gasteiger partial charge is 0.379 e. The average Bonchev–Trinajstić information content (AvgIpc) is 3.12. The van der Waals surface area contributed by atoms with E-state index in [1.165, 1.54) is 0 Å². The standard InChI is InChI=1S/C19H37N5O2/c1-18(2,24-10-12-26-13-11-24)14-21-17(20-3)22-15-19(8-6-7-9-19)16(25)23(4)5/h6-15H2,1-5H3,(H2,20,21,22). The van der Waals surface area contributed by atoms with Crippen LogP contribution in [0.1, 0.15) is 39.5 Å². The number of nitrogens with one attached hydrogen (secondary N) is 2. The summed E-state index contributed by atoms with van der Waals surface area (Å²) in [6.07, 6.45) is 4.15. The van der Waals surface area contributed by atoms with E-state index < -0.39 is 0 Å². The number of nitrogens with zero attached hydrogens (tertiary/aromatic N) is 3. The summed E-state index contributed by atoms with van der Waals surface area (Å²) in [6.45, 7) is 9.43. The van der Waals surface area contributed by atoms with Crippen LogP contribution in [0.4, 0.5) is 0 Å². The Morgan fingerprint density at radius 3 is 2.35 bits per heavy atom. The number of carbonyl (C=O) groups is 1. The van der Waals surface area contributed by atoms with Crippen molar-refractivity contribution in [3.63, 3.8) is 0 Å². The Hall–Kier alpha value is -1.34. The molecule has 0 unspecified atom stereocenters. The van der Waals surface area contributed by atoms with E-state index in [-0.39, 0.29) is 16.9 Å². The van der Waals surface area contributed by atoms with Crippen molar-refractivity contribution in [3.05, 3.63) is 0 Å². The molecule has 1 saturated heterocycles. The van der Waals surface area contributed by atoms with Gasteiger partial charge in [0.1, 0.15) is 0 Å². The van der Waals surface area contributed by atoms with Crippen molar-refractivity contribution >= 4 is 11.9 Å².